The molecule has 0 heterocycles. The molecule has 0 aliphatic rings. The van der Waals surface area contributed by atoms with Crippen molar-refractivity contribution < 1.29 is 84.8 Å². The molecule has 12 heteroatoms. The summed E-state index contributed by atoms with van der Waals surface area (Å²) >= 11 is 0. The second-order valence-electron chi connectivity index (χ2n) is 12.8. The van der Waals surface area contributed by atoms with Crippen LogP contribution in [0, 0.1) is 29.6 Å². The normalized spacial score (nSPS) is 12.5. The number of aliphatic carboxylic acids is 5. The number of rotatable bonds is 25. The van der Waals surface area contributed by atoms with E-state index in [4.69, 9.17) is 0 Å². The summed E-state index contributed by atoms with van der Waals surface area (Å²) in [5, 5.41) is 51.6. The van der Waals surface area contributed by atoms with Crippen molar-refractivity contribution >= 4 is 29.8 Å². The van der Waals surface area contributed by atoms with Gasteiger partial charge in [0.05, 0.1) is 0 Å². The predicted molar refractivity (Wildman–Crippen MR) is 192 cm³/mol. The van der Waals surface area contributed by atoms with Crippen LogP contribution in [-0.4, -0.2) is 29.8 Å². The molecule has 0 N–H and O–H groups in total. The van der Waals surface area contributed by atoms with Crippen LogP contribution in [-0.2, 0) is 59.3 Å². The second-order valence-corrected chi connectivity index (χ2v) is 12.8. The van der Waals surface area contributed by atoms with E-state index >= 15 is 0 Å². The minimum Gasteiger partial charge on any atom is -0.550 e. The first-order valence-corrected chi connectivity index (χ1v) is 19.6. The van der Waals surface area contributed by atoms with Gasteiger partial charge in [-0.25, -0.2) is 0 Å². The van der Waals surface area contributed by atoms with Gasteiger partial charge in [0.15, 0.2) is 0 Å². The summed E-state index contributed by atoms with van der Waals surface area (Å²) in [6, 6.07) is 0. The summed E-state index contributed by atoms with van der Waals surface area (Å²) in [6.07, 6.45) is 17.6. The van der Waals surface area contributed by atoms with Crippen molar-refractivity contribution in [3.8, 4) is 0 Å². The van der Waals surface area contributed by atoms with E-state index in [-0.39, 0.29) is 64.9 Å². The standard InChI is InChI=1S/5C8H16O2.Co.V/c5*1-3-5-6-7(4-2)8(9)10;;/h5*7H,3-6H2,1-2H3,(H,9,10);;/q;;;;;;+5/p-5. The number of hydrogen-bond acceptors (Lipinski definition) is 10. The molecule has 0 aromatic rings. The van der Waals surface area contributed by atoms with Crippen molar-refractivity contribution in [3.05, 3.63) is 0 Å². The molecule has 0 saturated carbocycles. The van der Waals surface area contributed by atoms with Crippen LogP contribution >= 0.6 is 0 Å². The fourth-order valence-corrected chi connectivity index (χ4v) is 4.70. The maximum atomic E-state index is 10.3. The second kappa shape index (κ2) is 49.4. The molecule has 0 rings (SSSR count). The Kier molecular flexibility index (Phi) is 62.1. The Morgan fingerprint density at radius 2 is 0.442 bits per heavy atom. The molecule has 5 atom stereocenters. The summed E-state index contributed by atoms with van der Waals surface area (Å²) in [4.78, 5) is 51.6. The molecular weight excluding hydrogens is 750 g/mol. The van der Waals surface area contributed by atoms with Gasteiger partial charge in [-0.05, 0) is 93.8 Å². The van der Waals surface area contributed by atoms with Gasteiger partial charge in [0.1, 0.15) is 0 Å². The van der Waals surface area contributed by atoms with E-state index in [1.54, 1.807) is 0 Å². The number of carbonyl (C=O) groups excluding carboxylic acids is 5. The maximum Gasteiger partial charge on any atom is 5.00 e. The molecule has 10 nitrogen and oxygen atoms in total. The molecular formula is C40H75CoO10V. The third kappa shape index (κ3) is 46.5. The Morgan fingerprint density at radius 1 is 0.327 bits per heavy atom. The molecule has 0 spiro atoms. The van der Waals surface area contributed by atoms with Gasteiger partial charge >= 0.3 is 18.6 Å². The van der Waals surface area contributed by atoms with Crippen molar-refractivity contribution in [1.82, 2.24) is 0 Å². The molecule has 0 bridgehead atoms. The van der Waals surface area contributed by atoms with E-state index in [2.05, 4.69) is 34.6 Å². The molecule has 309 valence electrons. The number of hydrogen-bond donors (Lipinski definition) is 0. The summed E-state index contributed by atoms with van der Waals surface area (Å²) in [5.74, 6) is -5.57. The number of carboxylic acid groups (broad SMARTS) is 5. The third-order valence-corrected chi connectivity index (χ3v) is 8.66. The summed E-state index contributed by atoms with van der Waals surface area (Å²) in [6.45, 7) is 19.7. The van der Waals surface area contributed by atoms with E-state index in [0.29, 0.717) is 32.1 Å². The smallest absolute Gasteiger partial charge is 0.550 e. The molecule has 0 amide bonds. The van der Waals surface area contributed by atoms with E-state index < -0.39 is 29.8 Å². The van der Waals surface area contributed by atoms with Crippen LogP contribution < -0.4 is 25.5 Å². The van der Waals surface area contributed by atoms with Gasteiger partial charge in [0.2, 0.25) is 0 Å². The largest absolute Gasteiger partial charge is 5.00 e. The maximum absolute atomic E-state index is 10.3. The monoisotopic (exact) mass is 825 g/mol. The topological polar surface area (TPSA) is 201 Å². The molecule has 0 aromatic carbocycles. The van der Waals surface area contributed by atoms with Crippen LogP contribution in [0.1, 0.15) is 198 Å². The SMILES string of the molecule is CCCCC(CC)C(=O)[O-].CCCCC(CC)C(=O)[O-].CCCCC(CC)C(=O)[O-].CCCCC(CC)C(=O)[O-].CCCCC(CC)C(=O)[O-].[Co].[V+5]. The van der Waals surface area contributed by atoms with Gasteiger partial charge in [-0.2, -0.15) is 0 Å². The van der Waals surface area contributed by atoms with E-state index in [1.807, 2.05) is 34.6 Å². The van der Waals surface area contributed by atoms with Gasteiger partial charge in [0, 0.05) is 46.6 Å². The van der Waals surface area contributed by atoms with Crippen molar-refractivity contribution in [1.29, 1.82) is 0 Å². The van der Waals surface area contributed by atoms with Crippen LogP contribution in [0.15, 0.2) is 0 Å². The van der Waals surface area contributed by atoms with Crippen molar-refractivity contribution in [2.45, 2.75) is 198 Å². The molecule has 52 heavy (non-hydrogen) atoms. The zero-order valence-corrected chi connectivity index (χ0v) is 36.8. The molecule has 0 aliphatic carbocycles. The van der Waals surface area contributed by atoms with Crippen LogP contribution in [0.3, 0.4) is 0 Å². The van der Waals surface area contributed by atoms with Crippen molar-refractivity contribution in [3.63, 3.8) is 0 Å². The summed E-state index contributed by atoms with van der Waals surface area (Å²) < 4.78 is 0. The van der Waals surface area contributed by atoms with Gasteiger partial charge in [0.25, 0.3) is 0 Å². The Labute approximate surface area is 340 Å². The zero-order valence-electron chi connectivity index (χ0n) is 34.4. The van der Waals surface area contributed by atoms with Gasteiger partial charge < -0.3 is 49.5 Å². The van der Waals surface area contributed by atoms with Crippen LogP contribution in [0.4, 0.5) is 0 Å². The first kappa shape index (κ1) is 65.3. The van der Waals surface area contributed by atoms with Crippen molar-refractivity contribution in [2.24, 2.45) is 29.6 Å². The van der Waals surface area contributed by atoms with Crippen LogP contribution in [0.2, 0.25) is 0 Å². The van der Waals surface area contributed by atoms with Crippen LogP contribution in [0.5, 0.6) is 0 Å². The molecule has 0 aliphatic heterocycles. The van der Waals surface area contributed by atoms with Crippen LogP contribution in [0.25, 0.3) is 0 Å². The number of carbonyl (C=O) groups is 5. The predicted octanol–water partition coefficient (Wildman–Crippen LogP) is 4.76. The molecule has 1 radical (unpaired) electrons. The van der Waals surface area contributed by atoms with Crippen molar-refractivity contribution in [2.75, 3.05) is 0 Å². The number of carboxylic acids is 5. The fourth-order valence-electron chi connectivity index (χ4n) is 4.70. The van der Waals surface area contributed by atoms with Gasteiger partial charge in [-0.15, -0.1) is 0 Å². The van der Waals surface area contributed by atoms with E-state index in [0.717, 1.165) is 96.3 Å². The van der Waals surface area contributed by atoms with E-state index in [9.17, 15) is 49.5 Å². The Balaban J connectivity index is -0.0000000964. The average molecular weight is 826 g/mol. The first-order chi connectivity index (χ1) is 23.6. The quantitative estimate of drug-likeness (QED) is 0.124. The number of unbranched alkanes of at least 4 members (excludes halogenated alkanes) is 5. The molecule has 0 aromatic heterocycles. The minimum atomic E-state index is -0.893. The minimum absolute atomic E-state index is 0. The Bertz CT molecular complexity index is 662. The molecule has 5 unspecified atom stereocenters. The Morgan fingerprint density at radius 3 is 0.500 bits per heavy atom. The molecule has 0 fully saturated rings. The fraction of sp³-hybridized carbons (Fsp3) is 0.875. The first-order valence-electron chi connectivity index (χ1n) is 19.6. The zero-order chi connectivity index (χ0) is 39.9. The molecule has 0 saturated heterocycles. The van der Waals surface area contributed by atoms with Gasteiger partial charge in [-0.1, -0.05) is 133 Å². The average Bonchev–Trinajstić information content (AvgIpc) is 3.07. The third-order valence-electron chi connectivity index (χ3n) is 8.66. The Hall–Kier alpha value is -1.56. The summed E-state index contributed by atoms with van der Waals surface area (Å²) in [5.41, 5.74) is 0. The van der Waals surface area contributed by atoms with E-state index in [1.165, 1.54) is 0 Å². The van der Waals surface area contributed by atoms with Gasteiger partial charge in [-0.3, -0.25) is 0 Å². The summed E-state index contributed by atoms with van der Waals surface area (Å²) in [7, 11) is 0.